The minimum absolute atomic E-state index is 0.152. The third kappa shape index (κ3) is 4.75. The number of aryl methyl sites for hydroxylation is 1. The van der Waals surface area contributed by atoms with Gasteiger partial charge >= 0.3 is 0 Å². The van der Waals surface area contributed by atoms with Gasteiger partial charge in [-0.15, -0.1) is 10.2 Å². The van der Waals surface area contributed by atoms with Gasteiger partial charge in [-0.1, -0.05) is 38.8 Å². The number of pyridine rings is 1. The van der Waals surface area contributed by atoms with Gasteiger partial charge in [0, 0.05) is 43.7 Å². The fourth-order valence-corrected chi connectivity index (χ4v) is 6.87. The van der Waals surface area contributed by atoms with Gasteiger partial charge in [-0.2, -0.15) is 5.26 Å². The summed E-state index contributed by atoms with van der Waals surface area (Å²) >= 11 is 0. The lowest BCUT2D eigenvalue weighted by atomic mass is 9.57. The van der Waals surface area contributed by atoms with E-state index in [1.165, 1.54) is 25.7 Å². The first kappa shape index (κ1) is 26.5. The van der Waals surface area contributed by atoms with Crippen LogP contribution in [0.5, 0.6) is 0 Å². The van der Waals surface area contributed by atoms with E-state index in [0.717, 1.165) is 60.0 Å². The number of amides is 1. The summed E-state index contributed by atoms with van der Waals surface area (Å²) in [5, 5.41) is 28.2. The Kier molecular flexibility index (Phi) is 6.83. The lowest BCUT2D eigenvalue weighted by Crippen LogP contribution is -2.44. The molecule has 2 aliphatic carbocycles. The molecule has 3 aliphatic rings. The van der Waals surface area contributed by atoms with Gasteiger partial charge in [-0.3, -0.25) is 4.79 Å². The van der Waals surface area contributed by atoms with E-state index < -0.39 is 0 Å². The zero-order valence-corrected chi connectivity index (χ0v) is 23.6. The Balaban J connectivity index is 1.27. The van der Waals surface area contributed by atoms with Crippen molar-refractivity contribution in [1.29, 1.82) is 5.26 Å². The van der Waals surface area contributed by atoms with Crippen LogP contribution in [0, 0.1) is 17.2 Å². The number of anilines is 2. The van der Waals surface area contributed by atoms with E-state index in [9.17, 15) is 10.1 Å². The Morgan fingerprint density at radius 2 is 2.02 bits per heavy atom. The molecule has 0 spiro atoms. The number of hydrogen-bond acceptors (Lipinski definition) is 7. The van der Waals surface area contributed by atoms with Crippen LogP contribution >= 0.6 is 0 Å². The molecule has 9 nitrogen and oxygen atoms in total. The third-order valence-corrected chi connectivity index (χ3v) is 9.08. The van der Waals surface area contributed by atoms with Gasteiger partial charge in [0.1, 0.15) is 17.8 Å². The number of fused-ring (bicyclic) bond motifs is 1. The number of carbonyl (C=O) groups excluding carboxylic acids is 1. The first-order chi connectivity index (χ1) is 19.3. The van der Waals surface area contributed by atoms with Gasteiger partial charge < -0.3 is 20.5 Å². The summed E-state index contributed by atoms with van der Waals surface area (Å²) in [4.78, 5) is 18.5. The van der Waals surface area contributed by atoms with Gasteiger partial charge in [0.2, 0.25) is 0 Å². The second-order valence-corrected chi connectivity index (χ2v) is 12.5. The monoisotopic (exact) mass is 538 g/mol. The Bertz CT molecular complexity index is 1460. The average molecular weight is 539 g/mol. The number of hydrogen-bond donors (Lipinski definition) is 3. The second-order valence-electron chi connectivity index (χ2n) is 12.5. The summed E-state index contributed by atoms with van der Waals surface area (Å²) in [6, 6.07) is 12.8. The van der Waals surface area contributed by atoms with Crippen molar-refractivity contribution in [3.05, 3.63) is 65.0 Å². The number of nitrogens with zero attached hydrogens (tertiary/aromatic N) is 5. The predicted octanol–water partition coefficient (Wildman–Crippen LogP) is 4.81. The number of benzene rings is 1. The second kappa shape index (κ2) is 10.3. The van der Waals surface area contributed by atoms with E-state index in [1.807, 2.05) is 35.9 Å². The molecule has 0 radical (unpaired) electrons. The van der Waals surface area contributed by atoms with Crippen molar-refractivity contribution in [1.82, 2.24) is 25.1 Å². The van der Waals surface area contributed by atoms with Crippen LogP contribution in [-0.2, 0) is 24.4 Å². The Morgan fingerprint density at radius 3 is 2.75 bits per heavy atom. The normalized spacial score (nSPS) is 23.2. The highest BCUT2D eigenvalue weighted by molar-refractivity contribution is 6.03. The third-order valence-electron chi connectivity index (χ3n) is 9.08. The molecule has 2 aromatic heterocycles. The van der Waals surface area contributed by atoms with Gasteiger partial charge in [0.25, 0.3) is 5.91 Å². The molecule has 0 unspecified atom stereocenters. The molecule has 1 amide bonds. The summed E-state index contributed by atoms with van der Waals surface area (Å²) < 4.78 is 1.96. The van der Waals surface area contributed by atoms with E-state index >= 15 is 0 Å². The first-order valence-corrected chi connectivity index (χ1v) is 14.4. The van der Waals surface area contributed by atoms with Crippen molar-refractivity contribution in [3.8, 4) is 6.07 Å². The van der Waals surface area contributed by atoms with E-state index in [4.69, 9.17) is 4.98 Å². The van der Waals surface area contributed by atoms with Crippen molar-refractivity contribution < 1.29 is 4.79 Å². The van der Waals surface area contributed by atoms with E-state index in [-0.39, 0.29) is 16.7 Å². The predicted molar refractivity (Wildman–Crippen MR) is 154 cm³/mol. The maximum Gasteiger partial charge on any atom is 0.274 e. The highest BCUT2D eigenvalue weighted by Crippen LogP contribution is 2.53. The fourth-order valence-electron chi connectivity index (χ4n) is 6.87. The maximum absolute atomic E-state index is 13.6. The van der Waals surface area contributed by atoms with E-state index in [0.29, 0.717) is 24.1 Å². The first-order valence-electron chi connectivity index (χ1n) is 14.4. The summed E-state index contributed by atoms with van der Waals surface area (Å²) in [6.45, 7) is 5.86. The number of aromatic nitrogens is 4. The Labute approximate surface area is 235 Å². The molecular weight excluding hydrogens is 500 g/mol. The number of nitriles is 1. The van der Waals surface area contributed by atoms with Gasteiger partial charge in [-0.25, -0.2) is 4.98 Å². The smallest absolute Gasteiger partial charge is 0.274 e. The lowest BCUT2D eigenvalue weighted by molar-refractivity contribution is 0.102. The minimum Gasteiger partial charge on any atom is -0.382 e. The standard InChI is InChI=1S/C31H38N8O/c1-30(2)18-34-26-21(17-33-23-8-4-5-9-23)13-25(37-27(26)30)28(40)36-24-10-6-7-22(14-24)31(15-20(16-31)11-12-32)29-38-35-19-39(29)3/h6-7,10,13-14,19-20,23,33-34H,4-5,8-9,11,15-18H2,1-3H3,(H,36,40). The van der Waals surface area contributed by atoms with Gasteiger partial charge in [0.05, 0.1) is 22.9 Å². The van der Waals surface area contributed by atoms with Crippen LogP contribution < -0.4 is 16.0 Å². The van der Waals surface area contributed by atoms with Crippen LogP contribution in [0.25, 0.3) is 0 Å². The average Bonchev–Trinajstić information content (AvgIpc) is 3.66. The molecular formula is C31H38N8O. The van der Waals surface area contributed by atoms with Crippen molar-refractivity contribution in [2.75, 3.05) is 17.2 Å². The van der Waals surface area contributed by atoms with Crippen molar-refractivity contribution in [2.24, 2.45) is 13.0 Å². The summed E-state index contributed by atoms with van der Waals surface area (Å²) in [6.07, 6.45) is 8.89. The summed E-state index contributed by atoms with van der Waals surface area (Å²) in [5.41, 5.74) is 4.87. The quantitative estimate of drug-likeness (QED) is 0.376. The fraction of sp³-hybridized carbons (Fsp3) is 0.516. The molecule has 40 heavy (non-hydrogen) atoms. The van der Waals surface area contributed by atoms with E-state index in [2.05, 4.69) is 52.1 Å². The van der Waals surface area contributed by atoms with Crippen molar-refractivity contribution in [2.45, 2.75) is 82.2 Å². The van der Waals surface area contributed by atoms with Gasteiger partial charge in [0.15, 0.2) is 0 Å². The molecule has 9 heteroatoms. The largest absolute Gasteiger partial charge is 0.382 e. The van der Waals surface area contributed by atoms with E-state index in [1.54, 1.807) is 6.33 Å². The molecule has 2 fully saturated rings. The SMILES string of the molecule is Cn1cnnc1C1(c2cccc(NC(=O)c3cc(CNC4CCCC4)c4c(n3)C(C)(C)CN4)c2)CC(CC#N)C1. The van der Waals surface area contributed by atoms with Crippen LogP contribution in [0.15, 0.2) is 36.7 Å². The van der Waals surface area contributed by atoms with Crippen LogP contribution in [0.3, 0.4) is 0 Å². The Hall–Kier alpha value is -3.77. The van der Waals surface area contributed by atoms with Crippen LogP contribution in [0.4, 0.5) is 11.4 Å². The molecule has 208 valence electrons. The molecule has 1 aromatic carbocycles. The molecule has 0 bridgehead atoms. The molecule has 0 atom stereocenters. The minimum atomic E-state index is -0.325. The highest BCUT2D eigenvalue weighted by atomic mass is 16.1. The lowest BCUT2D eigenvalue weighted by Gasteiger charge is -2.46. The zero-order valence-electron chi connectivity index (χ0n) is 23.6. The number of rotatable bonds is 8. The highest BCUT2D eigenvalue weighted by Gasteiger charge is 2.49. The van der Waals surface area contributed by atoms with Crippen molar-refractivity contribution in [3.63, 3.8) is 0 Å². The summed E-state index contributed by atoms with van der Waals surface area (Å²) in [7, 11) is 1.95. The van der Waals surface area contributed by atoms with Crippen LogP contribution in [-0.4, -0.2) is 38.2 Å². The summed E-state index contributed by atoms with van der Waals surface area (Å²) in [5.74, 6) is 0.997. The molecule has 1 aliphatic heterocycles. The topological polar surface area (TPSA) is 121 Å². The molecule has 3 aromatic rings. The Morgan fingerprint density at radius 1 is 1.23 bits per heavy atom. The number of nitrogens with one attached hydrogen (secondary N) is 3. The molecule has 0 saturated heterocycles. The van der Waals surface area contributed by atoms with Gasteiger partial charge in [-0.05, 0) is 60.9 Å². The van der Waals surface area contributed by atoms with Crippen LogP contribution in [0.1, 0.15) is 91.9 Å². The van der Waals surface area contributed by atoms with Crippen molar-refractivity contribution >= 4 is 17.3 Å². The number of carbonyl (C=O) groups is 1. The molecule has 3 heterocycles. The van der Waals surface area contributed by atoms with Crippen LogP contribution in [0.2, 0.25) is 0 Å². The molecule has 3 N–H and O–H groups in total. The molecule has 2 saturated carbocycles. The zero-order chi connectivity index (χ0) is 27.9. The maximum atomic E-state index is 13.6. The molecule has 6 rings (SSSR count).